The van der Waals surface area contributed by atoms with E-state index in [2.05, 4.69) is 67.0 Å². The molecule has 1 heteroatoms. The van der Waals surface area contributed by atoms with E-state index >= 15 is 0 Å². The Hall–Kier alpha value is -1.60. The maximum absolute atomic E-state index is 3.42. The Balaban J connectivity index is 2.05. The van der Waals surface area contributed by atoms with Crippen molar-refractivity contribution in [1.29, 1.82) is 0 Å². The van der Waals surface area contributed by atoms with Gasteiger partial charge in [-0.2, -0.15) is 0 Å². The van der Waals surface area contributed by atoms with Crippen molar-refractivity contribution in [3.8, 4) is 0 Å². The van der Waals surface area contributed by atoms with Gasteiger partial charge in [-0.25, -0.2) is 0 Å². The molecule has 0 amide bonds. The zero-order valence-corrected chi connectivity index (χ0v) is 10.1. The fraction of sp³-hybridized carbons (Fsp3) is 0.250. The molecule has 0 aromatic heterocycles. The van der Waals surface area contributed by atoms with Crippen molar-refractivity contribution >= 4 is 0 Å². The molecular formula is C16H17N. The summed E-state index contributed by atoms with van der Waals surface area (Å²) in [6.07, 6.45) is 1.17. The van der Waals surface area contributed by atoms with Crippen molar-refractivity contribution in [1.82, 2.24) is 5.32 Å². The van der Waals surface area contributed by atoms with Crippen molar-refractivity contribution in [2.24, 2.45) is 0 Å². The van der Waals surface area contributed by atoms with E-state index in [-0.39, 0.29) is 0 Å². The van der Waals surface area contributed by atoms with Crippen LogP contribution in [0, 0.1) is 0 Å². The SMILES string of the molecule is CN[C@H]1C[C@@H](c2ccccc2)c2ccccc21. The highest BCUT2D eigenvalue weighted by Crippen LogP contribution is 2.43. The molecule has 86 valence electrons. The number of hydrogen-bond acceptors (Lipinski definition) is 1. The summed E-state index contributed by atoms with van der Waals surface area (Å²) in [5.74, 6) is 0.546. The first-order valence-electron chi connectivity index (χ1n) is 6.21. The van der Waals surface area contributed by atoms with Gasteiger partial charge in [0.25, 0.3) is 0 Å². The minimum atomic E-state index is 0.497. The summed E-state index contributed by atoms with van der Waals surface area (Å²) in [6, 6.07) is 20.1. The van der Waals surface area contributed by atoms with Gasteiger partial charge in [0.1, 0.15) is 0 Å². The van der Waals surface area contributed by atoms with E-state index in [0.29, 0.717) is 12.0 Å². The molecule has 0 bridgehead atoms. The zero-order chi connectivity index (χ0) is 11.7. The van der Waals surface area contributed by atoms with E-state index in [1.807, 2.05) is 0 Å². The van der Waals surface area contributed by atoms with Gasteiger partial charge in [-0.1, -0.05) is 54.6 Å². The van der Waals surface area contributed by atoms with Crippen LogP contribution in [0.3, 0.4) is 0 Å². The number of fused-ring (bicyclic) bond motifs is 1. The minimum Gasteiger partial charge on any atom is -0.313 e. The van der Waals surface area contributed by atoms with E-state index in [9.17, 15) is 0 Å². The molecule has 1 N–H and O–H groups in total. The van der Waals surface area contributed by atoms with Crippen LogP contribution in [0.1, 0.15) is 35.1 Å². The summed E-state index contributed by atoms with van der Waals surface area (Å²) in [7, 11) is 2.05. The molecule has 3 rings (SSSR count). The zero-order valence-electron chi connectivity index (χ0n) is 10.1. The lowest BCUT2D eigenvalue weighted by molar-refractivity contribution is 0.564. The lowest BCUT2D eigenvalue weighted by Gasteiger charge is -2.12. The van der Waals surface area contributed by atoms with Crippen molar-refractivity contribution in [3.05, 3.63) is 71.3 Å². The number of hydrogen-bond donors (Lipinski definition) is 1. The van der Waals surface area contributed by atoms with Crippen LogP contribution in [-0.2, 0) is 0 Å². The average Bonchev–Trinajstić information content (AvgIpc) is 2.78. The van der Waals surface area contributed by atoms with Crippen LogP contribution >= 0.6 is 0 Å². The van der Waals surface area contributed by atoms with Gasteiger partial charge in [0, 0.05) is 12.0 Å². The third-order valence-corrected chi connectivity index (χ3v) is 3.77. The van der Waals surface area contributed by atoms with E-state index in [4.69, 9.17) is 0 Å². The monoisotopic (exact) mass is 223 g/mol. The first-order valence-corrected chi connectivity index (χ1v) is 6.21. The molecule has 2 aromatic carbocycles. The van der Waals surface area contributed by atoms with Crippen molar-refractivity contribution in [2.45, 2.75) is 18.4 Å². The molecule has 17 heavy (non-hydrogen) atoms. The first-order chi connectivity index (χ1) is 8.40. The fourth-order valence-electron chi connectivity index (χ4n) is 2.91. The second-order valence-corrected chi connectivity index (χ2v) is 4.67. The van der Waals surface area contributed by atoms with Gasteiger partial charge < -0.3 is 5.32 Å². The Bertz CT molecular complexity index is 504. The smallest absolute Gasteiger partial charge is 0.0329 e. The molecule has 1 aliphatic carbocycles. The number of rotatable bonds is 2. The summed E-state index contributed by atoms with van der Waals surface area (Å²) in [5.41, 5.74) is 4.37. The normalized spacial score (nSPS) is 22.4. The Morgan fingerprint density at radius 1 is 0.882 bits per heavy atom. The van der Waals surface area contributed by atoms with E-state index in [0.717, 1.165) is 0 Å². The molecular weight excluding hydrogens is 206 g/mol. The number of benzene rings is 2. The molecule has 1 aliphatic rings. The Labute approximate surface area is 102 Å². The van der Waals surface area contributed by atoms with Crippen LogP contribution in [0.2, 0.25) is 0 Å². The maximum Gasteiger partial charge on any atom is 0.0329 e. The second kappa shape index (κ2) is 4.34. The Kier molecular flexibility index (Phi) is 2.69. The molecule has 0 saturated carbocycles. The predicted molar refractivity (Wildman–Crippen MR) is 71.1 cm³/mol. The lowest BCUT2D eigenvalue weighted by atomic mass is 9.93. The van der Waals surface area contributed by atoms with E-state index < -0.39 is 0 Å². The van der Waals surface area contributed by atoms with Gasteiger partial charge in [0.05, 0.1) is 0 Å². The van der Waals surface area contributed by atoms with Crippen molar-refractivity contribution in [3.63, 3.8) is 0 Å². The Morgan fingerprint density at radius 2 is 1.53 bits per heavy atom. The van der Waals surface area contributed by atoms with Gasteiger partial charge in [-0.15, -0.1) is 0 Å². The topological polar surface area (TPSA) is 12.0 Å². The molecule has 2 aromatic rings. The summed E-state index contributed by atoms with van der Waals surface area (Å²) in [4.78, 5) is 0. The quantitative estimate of drug-likeness (QED) is 0.822. The summed E-state index contributed by atoms with van der Waals surface area (Å²) in [6.45, 7) is 0. The van der Waals surface area contributed by atoms with E-state index in [1.165, 1.54) is 23.1 Å². The molecule has 0 saturated heterocycles. The molecule has 0 heterocycles. The molecule has 0 unspecified atom stereocenters. The van der Waals surface area contributed by atoms with Crippen LogP contribution in [0.25, 0.3) is 0 Å². The van der Waals surface area contributed by atoms with Crippen LogP contribution in [0.4, 0.5) is 0 Å². The van der Waals surface area contributed by atoms with Crippen LogP contribution < -0.4 is 5.32 Å². The highest BCUT2D eigenvalue weighted by molar-refractivity contribution is 5.44. The predicted octanol–water partition coefficient (Wildman–Crippen LogP) is 3.48. The summed E-state index contributed by atoms with van der Waals surface area (Å²) < 4.78 is 0. The summed E-state index contributed by atoms with van der Waals surface area (Å²) in [5, 5.41) is 3.42. The Morgan fingerprint density at radius 3 is 2.24 bits per heavy atom. The second-order valence-electron chi connectivity index (χ2n) is 4.67. The van der Waals surface area contributed by atoms with Crippen molar-refractivity contribution in [2.75, 3.05) is 7.05 Å². The third kappa shape index (κ3) is 1.77. The highest BCUT2D eigenvalue weighted by atomic mass is 14.9. The first kappa shape index (κ1) is 10.5. The lowest BCUT2D eigenvalue weighted by Crippen LogP contribution is -2.13. The maximum atomic E-state index is 3.42. The van der Waals surface area contributed by atoms with Gasteiger partial charge in [-0.05, 0) is 30.2 Å². The van der Waals surface area contributed by atoms with Crippen molar-refractivity contribution < 1.29 is 0 Å². The molecule has 0 spiro atoms. The standard InChI is InChI=1S/C16H17N/c1-17-16-11-15(12-7-3-2-4-8-12)13-9-5-6-10-14(13)16/h2-10,15-17H,11H2,1H3/t15-,16-/m0/s1. The van der Waals surface area contributed by atoms with E-state index in [1.54, 1.807) is 0 Å². The van der Waals surface area contributed by atoms with Gasteiger partial charge in [0.2, 0.25) is 0 Å². The van der Waals surface area contributed by atoms with Gasteiger partial charge in [0.15, 0.2) is 0 Å². The van der Waals surface area contributed by atoms with Crippen LogP contribution in [-0.4, -0.2) is 7.05 Å². The largest absolute Gasteiger partial charge is 0.313 e. The van der Waals surface area contributed by atoms with Gasteiger partial charge in [-0.3, -0.25) is 0 Å². The average molecular weight is 223 g/mol. The number of nitrogens with one attached hydrogen (secondary N) is 1. The van der Waals surface area contributed by atoms with Gasteiger partial charge >= 0.3 is 0 Å². The molecule has 0 fully saturated rings. The molecule has 2 atom stereocenters. The third-order valence-electron chi connectivity index (χ3n) is 3.77. The van der Waals surface area contributed by atoms with Crippen LogP contribution in [0.5, 0.6) is 0 Å². The molecule has 1 nitrogen and oxygen atoms in total. The minimum absolute atomic E-state index is 0.497. The van der Waals surface area contributed by atoms with Crippen LogP contribution in [0.15, 0.2) is 54.6 Å². The molecule has 0 aliphatic heterocycles. The summed E-state index contributed by atoms with van der Waals surface area (Å²) >= 11 is 0. The molecule has 0 radical (unpaired) electrons. The highest BCUT2D eigenvalue weighted by Gasteiger charge is 2.30. The fourth-order valence-corrected chi connectivity index (χ4v) is 2.91.